The molecule has 1 fully saturated rings. The minimum Gasteiger partial charge on any atom is -0.454 e. The summed E-state index contributed by atoms with van der Waals surface area (Å²) in [6, 6.07) is 18.0. The van der Waals surface area contributed by atoms with E-state index in [0.29, 0.717) is 27.9 Å². The number of ether oxygens (including phenoxy) is 2. The first kappa shape index (κ1) is 26.4. The molecule has 2 atom stereocenters. The van der Waals surface area contributed by atoms with Gasteiger partial charge in [-0.1, -0.05) is 24.3 Å². The van der Waals surface area contributed by atoms with Crippen molar-refractivity contribution >= 4 is 29.5 Å². The number of carbonyl (C=O) groups excluding carboxylic acids is 2. The molecule has 10 nitrogen and oxygen atoms in total. The Morgan fingerprint density at radius 1 is 1.11 bits per heavy atom. The standard InChI is InChI=1S/C25H25N3O6S.CH2O.2H2/c29-14-18(30)13-26-35(32)19-7-4-16(5-8-19)20-2-1-3-23(27-20)28-24(31)25(10-11-25)17-6-9-21-22(12-17)34-15-33-21;1-2;;/h1-9,12,18,26,29-30H,10-11,13-15H2,(H,27,28,31);1H2;2*1H/t18-,35?;;;/m1.../s1. The number of aliphatic hydroxyl groups is 2. The van der Waals surface area contributed by atoms with Gasteiger partial charge in [0, 0.05) is 15.0 Å². The summed E-state index contributed by atoms with van der Waals surface area (Å²) in [5.74, 6) is 1.69. The lowest BCUT2D eigenvalue weighted by molar-refractivity contribution is -0.118. The van der Waals surface area contributed by atoms with Gasteiger partial charge < -0.3 is 29.8 Å². The number of fused-ring (bicyclic) bond motifs is 1. The molecule has 2 aromatic carbocycles. The predicted octanol–water partition coefficient (Wildman–Crippen LogP) is 2.42. The van der Waals surface area contributed by atoms with Gasteiger partial charge in [0.1, 0.15) is 23.6 Å². The molecule has 198 valence electrons. The molecule has 1 saturated carbocycles. The lowest BCUT2D eigenvalue weighted by Crippen LogP contribution is -2.30. The monoisotopic (exact) mass is 529 g/mol. The number of pyridine rings is 1. The molecule has 1 aliphatic heterocycles. The predicted molar refractivity (Wildman–Crippen MR) is 141 cm³/mol. The SMILES string of the molecule is C=O.O=C(Nc1cccc(-c2ccc(S(=O)NC[C@@H](O)CO)cc2)n1)C1(c2ccc3c(c2)OCO3)CC1.[HH].[HH]. The number of amides is 1. The second-order valence-electron chi connectivity index (χ2n) is 8.49. The van der Waals surface area contributed by atoms with Crippen molar-refractivity contribution in [3.63, 3.8) is 0 Å². The maximum atomic E-state index is 13.2. The van der Waals surface area contributed by atoms with Crippen LogP contribution in [0.2, 0.25) is 0 Å². The van der Waals surface area contributed by atoms with Crippen molar-refractivity contribution in [2.24, 2.45) is 0 Å². The highest BCUT2D eigenvalue weighted by Gasteiger charge is 2.51. The summed E-state index contributed by atoms with van der Waals surface area (Å²) in [5.41, 5.74) is 1.77. The first-order valence-electron chi connectivity index (χ1n) is 11.5. The summed E-state index contributed by atoms with van der Waals surface area (Å²) in [5, 5.41) is 21.2. The number of aliphatic hydroxyl groups excluding tert-OH is 2. The Morgan fingerprint density at radius 2 is 1.84 bits per heavy atom. The average Bonchev–Trinajstić information content (AvgIpc) is 3.63. The first-order chi connectivity index (χ1) is 18.0. The lowest BCUT2D eigenvalue weighted by atomic mass is 9.94. The van der Waals surface area contributed by atoms with Crippen LogP contribution in [0.1, 0.15) is 21.3 Å². The van der Waals surface area contributed by atoms with Gasteiger partial charge in [-0.3, -0.25) is 4.79 Å². The van der Waals surface area contributed by atoms with Crippen LogP contribution in [-0.2, 0) is 26.0 Å². The Bertz CT molecular complexity index is 1290. The molecule has 1 aliphatic carbocycles. The third kappa shape index (κ3) is 5.86. The molecule has 11 heteroatoms. The number of carbonyl (C=O) groups is 2. The number of aromatic nitrogens is 1. The van der Waals surface area contributed by atoms with Crippen LogP contribution in [0.15, 0.2) is 65.6 Å². The molecule has 2 aliphatic rings. The fourth-order valence-corrected chi connectivity index (χ4v) is 4.83. The Kier molecular flexibility index (Phi) is 8.29. The molecule has 5 rings (SSSR count). The first-order valence-corrected chi connectivity index (χ1v) is 12.7. The molecule has 1 unspecified atom stereocenters. The van der Waals surface area contributed by atoms with Gasteiger partial charge in [-0.05, 0) is 54.8 Å². The quantitative estimate of drug-likeness (QED) is 0.330. The van der Waals surface area contributed by atoms with E-state index in [1.165, 1.54) is 0 Å². The normalized spacial score (nSPS) is 16.2. The molecule has 3 aromatic rings. The Morgan fingerprint density at radius 3 is 2.54 bits per heavy atom. The van der Waals surface area contributed by atoms with E-state index in [1.54, 1.807) is 30.3 Å². The summed E-state index contributed by atoms with van der Waals surface area (Å²) in [6.45, 7) is 1.80. The van der Waals surface area contributed by atoms with E-state index in [2.05, 4.69) is 15.0 Å². The summed E-state index contributed by atoms with van der Waals surface area (Å²) < 4.78 is 25.8. The van der Waals surface area contributed by atoms with Gasteiger partial charge in [-0.2, -0.15) is 0 Å². The van der Waals surface area contributed by atoms with Gasteiger partial charge >= 0.3 is 0 Å². The fourth-order valence-electron chi connectivity index (χ4n) is 3.94. The van der Waals surface area contributed by atoms with E-state index in [9.17, 15) is 14.1 Å². The number of nitrogens with one attached hydrogen (secondary N) is 2. The largest absolute Gasteiger partial charge is 0.454 e. The van der Waals surface area contributed by atoms with Crippen molar-refractivity contribution in [3.8, 4) is 22.8 Å². The maximum absolute atomic E-state index is 13.2. The van der Waals surface area contributed by atoms with E-state index in [1.807, 2.05) is 37.1 Å². The summed E-state index contributed by atoms with van der Waals surface area (Å²) in [7, 11) is -1.52. The van der Waals surface area contributed by atoms with E-state index in [0.717, 1.165) is 24.0 Å². The van der Waals surface area contributed by atoms with E-state index in [4.69, 9.17) is 19.4 Å². The van der Waals surface area contributed by atoms with Gasteiger partial charge in [0.25, 0.3) is 0 Å². The van der Waals surface area contributed by atoms with Gasteiger partial charge in [0.05, 0.1) is 28.7 Å². The molecule has 1 aromatic heterocycles. The van der Waals surface area contributed by atoms with Crippen LogP contribution in [0.5, 0.6) is 11.5 Å². The fraction of sp³-hybridized carbons (Fsp3) is 0.269. The third-order valence-corrected chi connectivity index (χ3v) is 7.25. The average molecular weight is 530 g/mol. The van der Waals surface area contributed by atoms with Crippen molar-refractivity contribution in [2.75, 3.05) is 25.3 Å². The number of anilines is 1. The minimum atomic E-state index is -1.52. The van der Waals surface area contributed by atoms with E-state index in [-0.39, 0.29) is 22.1 Å². The van der Waals surface area contributed by atoms with Crippen LogP contribution < -0.4 is 19.5 Å². The molecule has 2 heterocycles. The molecule has 0 spiro atoms. The third-order valence-electron chi connectivity index (χ3n) is 6.13. The number of hydrogen-bond acceptors (Lipinski definition) is 8. The maximum Gasteiger partial charge on any atom is 0.236 e. The zero-order chi connectivity index (χ0) is 26.4. The zero-order valence-electron chi connectivity index (χ0n) is 19.9. The zero-order valence-corrected chi connectivity index (χ0v) is 20.7. The van der Waals surface area contributed by atoms with E-state index >= 15 is 0 Å². The topological polar surface area (TPSA) is 147 Å². The molecule has 0 saturated heterocycles. The summed E-state index contributed by atoms with van der Waals surface area (Å²) >= 11 is 0. The second-order valence-corrected chi connectivity index (χ2v) is 9.79. The Balaban J connectivity index is 0.00000130. The molecule has 0 bridgehead atoms. The molecule has 4 N–H and O–H groups in total. The molecule has 37 heavy (non-hydrogen) atoms. The van der Waals surface area contributed by atoms with Crippen molar-refractivity contribution < 1.29 is 36.3 Å². The van der Waals surface area contributed by atoms with E-state index < -0.39 is 29.1 Å². The molecular weight excluding hydrogens is 498 g/mol. The summed E-state index contributed by atoms with van der Waals surface area (Å²) in [6.07, 6.45) is 0.528. The van der Waals surface area contributed by atoms with Crippen molar-refractivity contribution in [2.45, 2.75) is 29.3 Å². The Hall–Kier alpha value is -3.64. The van der Waals surface area contributed by atoms with Crippen molar-refractivity contribution in [1.82, 2.24) is 9.71 Å². The highest BCUT2D eigenvalue weighted by Crippen LogP contribution is 2.51. The highest BCUT2D eigenvalue weighted by atomic mass is 32.2. The smallest absolute Gasteiger partial charge is 0.236 e. The number of benzene rings is 2. The summed E-state index contributed by atoms with van der Waals surface area (Å²) in [4.78, 5) is 26.3. The highest BCUT2D eigenvalue weighted by molar-refractivity contribution is 7.83. The van der Waals surface area contributed by atoms with Crippen LogP contribution in [0.4, 0.5) is 5.82 Å². The van der Waals surface area contributed by atoms with Gasteiger partial charge in [-0.15, -0.1) is 0 Å². The van der Waals surface area contributed by atoms with Crippen LogP contribution in [0, 0.1) is 0 Å². The number of hydrogen-bond donors (Lipinski definition) is 4. The van der Waals surface area contributed by atoms with Crippen molar-refractivity contribution in [1.29, 1.82) is 0 Å². The van der Waals surface area contributed by atoms with Crippen LogP contribution in [0.25, 0.3) is 11.3 Å². The van der Waals surface area contributed by atoms with Gasteiger partial charge in [0.2, 0.25) is 12.7 Å². The molecule has 1 amide bonds. The molecular formula is C26H31N3O7S. The van der Waals surface area contributed by atoms with Crippen LogP contribution >= 0.6 is 0 Å². The van der Waals surface area contributed by atoms with Crippen LogP contribution in [0.3, 0.4) is 0 Å². The molecule has 0 radical (unpaired) electrons. The second kappa shape index (κ2) is 11.6. The Labute approximate surface area is 219 Å². The van der Waals surface area contributed by atoms with Crippen LogP contribution in [-0.4, -0.2) is 58.2 Å². The number of rotatable bonds is 9. The van der Waals surface area contributed by atoms with Gasteiger partial charge in [-0.25, -0.2) is 13.9 Å². The lowest BCUT2D eigenvalue weighted by Gasteiger charge is -2.16. The van der Waals surface area contributed by atoms with Crippen molar-refractivity contribution in [3.05, 3.63) is 66.2 Å². The minimum absolute atomic E-state index is 0. The van der Waals surface area contributed by atoms with Gasteiger partial charge in [0.15, 0.2) is 11.5 Å². The number of nitrogens with zero attached hydrogens (tertiary/aromatic N) is 1.